The van der Waals surface area contributed by atoms with Crippen molar-refractivity contribution in [3.05, 3.63) is 22.8 Å². The van der Waals surface area contributed by atoms with Gasteiger partial charge < -0.3 is 19.7 Å². The van der Waals surface area contributed by atoms with Crippen LogP contribution in [-0.2, 0) is 23.9 Å². The first-order valence-corrected chi connectivity index (χ1v) is 9.18. The van der Waals surface area contributed by atoms with Crippen LogP contribution in [0.25, 0.3) is 0 Å². The first kappa shape index (κ1) is 19.8. The highest BCUT2D eigenvalue weighted by Crippen LogP contribution is 2.51. The Morgan fingerprint density at radius 1 is 1.26 bits per heavy atom. The predicted octanol–water partition coefficient (Wildman–Crippen LogP) is 1.22. The molecule has 0 aromatic rings. The normalized spacial score (nSPS) is 41.8. The Balaban J connectivity index is 2.11. The van der Waals surface area contributed by atoms with Gasteiger partial charge in [0.25, 0.3) is 0 Å². The number of fused-ring (bicyclic) bond motifs is 2. The second kappa shape index (κ2) is 6.27. The lowest BCUT2D eigenvalue weighted by atomic mass is 9.80. The average Bonchev–Trinajstić information content (AvgIpc) is 2.93. The van der Waals surface area contributed by atoms with Crippen molar-refractivity contribution in [2.45, 2.75) is 70.9 Å². The SMILES string of the molecule is C/C=C(\C)C(=O)O[C@H]1C[C@](C)(O)C2=C([C@H]3OC(=O)[C@@H](C)[C@H]13)[C@](C)(O)CC2=O. The molecule has 2 N–H and O–H groups in total. The average molecular weight is 378 g/mol. The van der Waals surface area contributed by atoms with E-state index in [1.807, 2.05) is 0 Å². The lowest BCUT2D eigenvalue weighted by molar-refractivity contribution is -0.151. The lowest BCUT2D eigenvalue weighted by Crippen LogP contribution is -2.42. The molecule has 0 amide bonds. The van der Waals surface area contributed by atoms with Crippen LogP contribution in [0.4, 0.5) is 0 Å². The van der Waals surface area contributed by atoms with Crippen LogP contribution in [-0.4, -0.2) is 51.3 Å². The van der Waals surface area contributed by atoms with Gasteiger partial charge >= 0.3 is 11.9 Å². The molecule has 0 saturated carbocycles. The molecule has 1 saturated heterocycles. The van der Waals surface area contributed by atoms with E-state index in [0.717, 1.165) is 0 Å². The molecular formula is C20H26O7. The van der Waals surface area contributed by atoms with Gasteiger partial charge in [-0.3, -0.25) is 9.59 Å². The number of hydrogen-bond donors (Lipinski definition) is 2. The van der Waals surface area contributed by atoms with E-state index in [9.17, 15) is 24.6 Å². The van der Waals surface area contributed by atoms with Gasteiger partial charge in [-0.25, -0.2) is 4.79 Å². The molecule has 0 radical (unpaired) electrons. The van der Waals surface area contributed by atoms with Crippen LogP contribution in [0.2, 0.25) is 0 Å². The van der Waals surface area contributed by atoms with Crippen LogP contribution < -0.4 is 0 Å². The second-order valence-corrected chi connectivity index (χ2v) is 8.28. The van der Waals surface area contributed by atoms with Crippen molar-refractivity contribution in [2.75, 3.05) is 0 Å². The highest BCUT2D eigenvalue weighted by atomic mass is 16.6. The number of carbonyl (C=O) groups excluding carboxylic acids is 3. The molecule has 1 heterocycles. The third-order valence-corrected chi connectivity index (χ3v) is 6.04. The fourth-order valence-electron chi connectivity index (χ4n) is 4.55. The number of hydrogen-bond acceptors (Lipinski definition) is 7. The van der Waals surface area contributed by atoms with Crippen LogP contribution in [0.15, 0.2) is 22.8 Å². The molecule has 3 aliphatic rings. The number of carbonyl (C=O) groups is 3. The zero-order valence-corrected chi connectivity index (χ0v) is 16.2. The summed E-state index contributed by atoms with van der Waals surface area (Å²) in [5.41, 5.74) is -2.43. The Hall–Kier alpha value is -1.99. The minimum atomic E-state index is -1.61. The first-order valence-electron chi connectivity index (χ1n) is 9.18. The minimum absolute atomic E-state index is 0.0570. The number of ether oxygens (including phenoxy) is 2. The minimum Gasteiger partial charge on any atom is -0.458 e. The molecule has 27 heavy (non-hydrogen) atoms. The van der Waals surface area contributed by atoms with Gasteiger partial charge in [0.05, 0.1) is 23.0 Å². The Kier molecular flexibility index (Phi) is 4.59. The Bertz CT molecular complexity index is 771. The van der Waals surface area contributed by atoms with E-state index in [4.69, 9.17) is 9.47 Å². The third-order valence-electron chi connectivity index (χ3n) is 6.04. The van der Waals surface area contributed by atoms with Crippen LogP contribution in [0.5, 0.6) is 0 Å². The molecule has 3 rings (SSSR count). The van der Waals surface area contributed by atoms with Crippen molar-refractivity contribution in [3.63, 3.8) is 0 Å². The van der Waals surface area contributed by atoms with Gasteiger partial charge in [0.2, 0.25) is 0 Å². The molecule has 2 aliphatic carbocycles. The van der Waals surface area contributed by atoms with E-state index in [0.29, 0.717) is 5.57 Å². The summed E-state index contributed by atoms with van der Waals surface area (Å²) in [6.45, 7) is 7.94. The van der Waals surface area contributed by atoms with Gasteiger partial charge in [0.15, 0.2) is 5.78 Å². The summed E-state index contributed by atoms with van der Waals surface area (Å²) in [5.74, 6) is -2.61. The van der Waals surface area contributed by atoms with Crippen LogP contribution >= 0.6 is 0 Å². The van der Waals surface area contributed by atoms with Gasteiger partial charge in [-0.15, -0.1) is 0 Å². The topological polar surface area (TPSA) is 110 Å². The molecule has 0 aromatic heterocycles. The molecule has 1 aliphatic heterocycles. The summed E-state index contributed by atoms with van der Waals surface area (Å²) >= 11 is 0. The lowest BCUT2D eigenvalue weighted by Gasteiger charge is -2.32. The summed E-state index contributed by atoms with van der Waals surface area (Å²) < 4.78 is 11.2. The number of aliphatic hydroxyl groups is 2. The predicted molar refractivity (Wildman–Crippen MR) is 94.4 cm³/mol. The Morgan fingerprint density at radius 2 is 1.89 bits per heavy atom. The summed E-state index contributed by atoms with van der Waals surface area (Å²) in [4.78, 5) is 37.2. The largest absolute Gasteiger partial charge is 0.458 e. The quantitative estimate of drug-likeness (QED) is 0.549. The number of esters is 2. The van der Waals surface area contributed by atoms with Crippen molar-refractivity contribution >= 4 is 17.7 Å². The molecule has 0 spiro atoms. The first-order chi connectivity index (χ1) is 12.4. The standard InChI is InChI=1S/C20H26O7/c1-6-9(2)17(22)26-12-8-20(5,25)14-11(21)7-19(4,24)15(14)16-13(12)10(3)18(23)27-16/h6,10,12-13,16,24-25H,7-8H2,1-5H3/b9-6+/t10-,12-,13+,16-,19+,20-/m0/s1. The van der Waals surface area contributed by atoms with E-state index in [1.165, 1.54) is 13.8 Å². The maximum Gasteiger partial charge on any atom is 0.333 e. The fourth-order valence-corrected chi connectivity index (χ4v) is 4.55. The van der Waals surface area contributed by atoms with Crippen LogP contribution in [0.1, 0.15) is 47.5 Å². The highest BCUT2D eigenvalue weighted by molar-refractivity contribution is 6.03. The molecular weight excluding hydrogens is 352 g/mol. The number of ketones is 1. The maximum atomic E-state index is 12.6. The fraction of sp³-hybridized carbons (Fsp3) is 0.650. The van der Waals surface area contributed by atoms with Gasteiger partial charge in [-0.1, -0.05) is 13.0 Å². The monoisotopic (exact) mass is 378 g/mol. The molecule has 7 heteroatoms. The second-order valence-electron chi connectivity index (χ2n) is 8.28. The van der Waals surface area contributed by atoms with E-state index >= 15 is 0 Å². The molecule has 0 aromatic carbocycles. The number of allylic oxidation sites excluding steroid dienone is 1. The van der Waals surface area contributed by atoms with E-state index in [-0.39, 0.29) is 29.8 Å². The van der Waals surface area contributed by atoms with Gasteiger partial charge in [0, 0.05) is 29.6 Å². The molecule has 148 valence electrons. The van der Waals surface area contributed by atoms with Crippen molar-refractivity contribution in [1.82, 2.24) is 0 Å². The summed E-state index contributed by atoms with van der Waals surface area (Å²) in [7, 11) is 0. The van der Waals surface area contributed by atoms with Crippen molar-refractivity contribution in [2.24, 2.45) is 11.8 Å². The van der Waals surface area contributed by atoms with Crippen molar-refractivity contribution in [3.8, 4) is 0 Å². The molecule has 1 fully saturated rings. The smallest absolute Gasteiger partial charge is 0.333 e. The summed E-state index contributed by atoms with van der Waals surface area (Å²) in [5, 5.41) is 21.9. The third kappa shape index (κ3) is 3.02. The Morgan fingerprint density at radius 3 is 2.48 bits per heavy atom. The van der Waals surface area contributed by atoms with E-state index < -0.39 is 47.2 Å². The molecule has 0 bridgehead atoms. The number of Topliss-reactive ketones (excluding diaryl/α,β-unsaturated/α-hetero) is 1. The summed E-state index contributed by atoms with van der Waals surface area (Å²) in [6.07, 6.45) is -0.380. The van der Waals surface area contributed by atoms with E-state index in [2.05, 4.69) is 0 Å². The zero-order valence-electron chi connectivity index (χ0n) is 16.2. The van der Waals surface area contributed by atoms with E-state index in [1.54, 1.807) is 26.8 Å². The van der Waals surface area contributed by atoms with Crippen molar-refractivity contribution < 1.29 is 34.1 Å². The number of rotatable bonds is 2. The summed E-state index contributed by atoms with van der Waals surface area (Å²) in [6, 6.07) is 0. The molecule has 0 unspecified atom stereocenters. The van der Waals surface area contributed by atoms with Gasteiger partial charge in [-0.2, -0.15) is 0 Å². The van der Waals surface area contributed by atoms with Crippen molar-refractivity contribution in [1.29, 1.82) is 0 Å². The molecule has 6 atom stereocenters. The zero-order chi connectivity index (χ0) is 20.3. The van der Waals surface area contributed by atoms with Gasteiger partial charge in [0.1, 0.15) is 12.2 Å². The maximum absolute atomic E-state index is 12.6. The Labute approximate surface area is 158 Å². The molecule has 7 nitrogen and oxygen atoms in total. The van der Waals surface area contributed by atoms with Crippen LogP contribution in [0, 0.1) is 11.8 Å². The van der Waals surface area contributed by atoms with Gasteiger partial charge in [-0.05, 0) is 27.7 Å². The van der Waals surface area contributed by atoms with Crippen LogP contribution in [0.3, 0.4) is 0 Å². The highest BCUT2D eigenvalue weighted by Gasteiger charge is 2.61.